The molecule has 7 heteroatoms. The van der Waals surface area contributed by atoms with Gasteiger partial charge in [-0.15, -0.1) is 0 Å². The van der Waals surface area contributed by atoms with Gasteiger partial charge in [0.2, 0.25) is 0 Å². The van der Waals surface area contributed by atoms with E-state index in [1.165, 1.54) is 12.3 Å². The van der Waals surface area contributed by atoms with Crippen molar-refractivity contribution in [1.82, 2.24) is 19.8 Å². The molecule has 1 unspecified atom stereocenters. The Balaban J connectivity index is 2.66. The van der Waals surface area contributed by atoms with Gasteiger partial charge in [0.1, 0.15) is 0 Å². The van der Waals surface area contributed by atoms with E-state index in [1.807, 2.05) is 25.9 Å². The van der Waals surface area contributed by atoms with Gasteiger partial charge in [0.25, 0.3) is 10.0 Å². The van der Waals surface area contributed by atoms with E-state index in [0.29, 0.717) is 6.54 Å². The lowest BCUT2D eigenvalue weighted by molar-refractivity contribution is 0.370. The Kier molecular flexibility index (Phi) is 3.83. The highest BCUT2D eigenvalue weighted by molar-refractivity contribution is 7.89. The Morgan fingerprint density at radius 3 is 2.73 bits per heavy atom. The average molecular weight is 232 g/mol. The predicted molar refractivity (Wildman–Crippen MR) is 56.9 cm³/mol. The van der Waals surface area contributed by atoms with Gasteiger partial charge in [0.05, 0.1) is 6.20 Å². The summed E-state index contributed by atoms with van der Waals surface area (Å²) >= 11 is 0. The maximum atomic E-state index is 11.7. The molecule has 0 fully saturated rings. The molecule has 0 aliphatic rings. The summed E-state index contributed by atoms with van der Waals surface area (Å²) in [5, 5.41) is 6.11. The number of nitrogens with one attached hydrogen (secondary N) is 2. The van der Waals surface area contributed by atoms with Gasteiger partial charge in [0.15, 0.2) is 5.03 Å². The Labute approximate surface area is 89.7 Å². The molecule has 86 valence electrons. The van der Waals surface area contributed by atoms with Gasteiger partial charge in [-0.05, 0) is 27.1 Å². The van der Waals surface area contributed by atoms with E-state index >= 15 is 0 Å². The van der Waals surface area contributed by atoms with Crippen LogP contribution >= 0.6 is 0 Å². The smallest absolute Gasteiger partial charge is 0.257 e. The number of hydrogen-bond acceptors (Lipinski definition) is 4. The van der Waals surface area contributed by atoms with Crippen molar-refractivity contribution in [3.63, 3.8) is 0 Å². The first-order chi connectivity index (χ1) is 6.92. The van der Waals surface area contributed by atoms with E-state index in [0.717, 1.165) is 0 Å². The summed E-state index contributed by atoms with van der Waals surface area (Å²) in [6.45, 7) is 2.46. The fourth-order valence-electron chi connectivity index (χ4n) is 1.31. The van der Waals surface area contributed by atoms with E-state index in [1.54, 1.807) is 0 Å². The van der Waals surface area contributed by atoms with Gasteiger partial charge in [-0.25, -0.2) is 13.1 Å². The van der Waals surface area contributed by atoms with Gasteiger partial charge in [-0.1, -0.05) is 0 Å². The molecule has 2 N–H and O–H groups in total. The highest BCUT2D eigenvalue weighted by Gasteiger charge is 2.18. The molecule has 1 aromatic rings. The zero-order chi connectivity index (χ0) is 11.5. The monoisotopic (exact) mass is 232 g/mol. The zero-order valence-corrected chi connectivity index (χ0v) is 9.87. The van der Waals surface area contributed by atoms with Crippen LogP contribution in [0.15, 0.2) is 17.3 Å². The van der Waals surface area contributed by atoms with Gasteiger partial charge in [-0.2, -0.15) is 5.10 Å². The molecular weight excluding hydrogens is 216 g/mol. The minimum Gasteiger partial charge on any atom is -0.308 e. The second kappa shape index (κ2) is 4.73. The molecule has 1 heterocycles. The van der Waals surface area contributed by atoms with Crippen LogP contribution in [0.25, 0.3) is 0 Å². The van der Waals surface area contributed by atoms with Crippen molar-refractivity contribution < 1.29 is 8.42 Å². The Morgan fingerprint density at radius 1 is 1.60 bits per heavy atom. The fraction of sp³-hybridized carbons (Fsp3) is 0.625. The number of sulfonamides is 1. The first kappa shape index (κ1) is 12.2. The molecule has 0 radical (unpaired) electrons. The molecule has 0 amide bonds. The van der Waals surface area contributed by atoms with E-state index in [2.05, 4.69) is 14.9 Å². The number of hydrogen-bond donors (Lipinski definition) is 2. The Bertz CT molecular complexity index is 385. The van der Waals surface area contributed by atoms with Crippen LogP contribution in [-0.4, -0.2) is 50.2 Å². The van der Waals surface area contributed by atoms with Gasteiger partial charge >= 0.3 is 0 Å². The van der Waals surface area contributed by atoms with E-state index < -0.39 is 10.0 Å². The Morgan fingerprint density at radius 2 is 2.27 bits per heavy atom. The summed E-state index contributed by atoms with van der Waals surface area (Å²) < 4.78 is 25.9. The summed E-state index contributed by atoms with van der Waals surface area (Å²) in [5.41, 5.74) is 0. The summed E-state index contributed by atoms with van der Waals surface area (Å²) in [6.07, 6.45) is 1.41. The van der Waals surface area contributed by atoms with Gasteiger partial charge < -0.3 is 4.90 Å². The maximum absolute atomic E-state index is 11.7. The third kappa shape index (κ3) is 3.61. The molecule has 0 bridgehead atoms. The van der Waals surface area contributed by atoms with Crippen LogP contribution in [-0.2, 0) is 10.0 Å². The average Bonchev–Trinajstić information content (AvgIpc) is 2.51. The van der Waals surface area contributed by atoms with Crippen molar-refractivity contribution in [1.29, 1.82) is 0 Å². The molecule has 1 rings (SSSR count). The number of rotatable bonds is 5. The number of aromatic amines is 1. The minimum atomic E-state index is -3.46. The molecule has 15 heavy (non-hydrogen) atoms. The van der Waals surface area contributed by atoms with Crippen molar-refractivity contribution in [2.24, 2.45) is 0 Å². The zero-order valence-electron chi connectivity index (χ0n) is 9.06. The largest absolute Gasteiger partial charge is 0.308 e. The van der Waals surface area contributed by atoms with Crippen molar-refractivity contribution in [3.05, 3.63) is 12.3 Å². The standard InChI is InChI=1S/C8H16N4O2S/c1-7(6-12(2)3)11-15(13,14)8-4-5-9-10-8/h4-5,7,11H,6H2,1-3H3,(H,9,10). The first-order valence-electron chi connectivity index (χ1n) is 4.58. The van der Waals surface area contributed by atoms with E-state index in [-0.39, 0.29) is 11.1 Å². The lowest BCUT2D eigenvalue weighted by Gasteiger charge is -2.17. The molecule has 6 nitrogen and oxygen atoms in total. The van der Waals surface area contributed by atoms with Crippen LogP contribution in [0.4, 0.5) is 0 Å². The van der Waals surface area contributed by atoms with Crippen LogP contribution in [0, 0.1) is 0 Å². The molecule has 0 aliphatic heterocycles. The van der Waals surface area contributed by atoms with Crippen LogP contribution in [0.3, 0.4) is 0 Å². The minimum absolute atomic E-state index is 0.0908. The molecule has 1 aromatic heterocycles. The molecule has 0 aromatic carbocycles. The maximum Gasteiger partial charge on any atom is 0.257 e. The van der Waals surface area contributed by atoms with Gasteiger partial charge in [0, 0.05) is 12.6 Å². The number of aromatic nitrogens is 2. The third-order valence-corrected chi connectivity index (χ3v) is 3.28. The quantitative estimate of drug-likeness (QED) is 0.726. The SMILES string of the molecule is CC(CN(C)C)NS(=O)(=O)c1ccn[nH]1. The van der Waals surface area contributed by atoms with Crippen LogP contribution in [0.1, 0.15) is 6.92 Å². The molecule has 0 saturated carbocycles. The molecule has 0 spiro atoms. The summed E-state index contributed by atoms with van der Waals surface area (Å²) in [6, 6.07) is 1.28. The number of H-pyrrole nitrogens is 1. The van der Waals surface area contributed by atoms with Crippen LogP contribution in [0.2, 0.25) is 0 Å². The topological polar surface area (TPSA) is 78.1 Å². The van der Waals surface area contributed by atoms with E-state index in [4.69, 9.17) is 0 Å². The summed E-state index contributed by atoms with van der Waals surface area (Å²) in [5.74, 6) is 0. The second-order valence-corrected chi connectivity index (χ2v) is 5.39. The summed E-state index contributed by atoms with van der Waals surface area (Å²) in [7, 11) is 0.323. The number of likely N-dealkylation sites (N-methyl/N-ethyl adjacent to an activating group) is 1. The van der Waals surface area contributed by atoms with E-state index in [9.17, 15) is 8.42 Å². The Hall–Kier alpha value is -0.920. The third-order valence-electron chi connectivity index (χ3n) is 1.76. The first-order valence-corrected chi connectivity index (χ1v) is 6.06. The second-order valence-electron chi connectivity index (χ2n) is 3.71. The highest BCUT2D eigenvalue weighted by atomic mass is 32.2. The molecular formula is C8H16N4O2S. The molecule has 1 atom stereocenters. The van der Waals surface area contributed by atoms with Crippen LogP contribution < -0.4 is 4.72 Å². The van der Waals surface area contributed by atoms with Crippen molar-refractivity contribution in [2.45, 2.75) is 18.0 Å². The predicted octanol–water partition coefficient (Wildman–Crippen LogP) is -0.362. The fourth-order valence-corrected chi connectivity index (χ4v) is 2.45. The lowest BCUT2D eigenvalue weighted by atomic mass is 10.3. The normalized spacial score (nSPS) is 14.4. The lowest BCUT2D eigenvalue weighted by Crippen LogP contribution is -2.39. The van der Waals surface area contributed by atoms with Gasteiger partial charge in [-0.3, -0.25) is 5.10 Å². The highest BCUT2D eigenvalue weighted by Crippen LogP contribution is 2.03. The van der Waals surface area contributed by atoms with Crippen molar-refractivity contribution in [2.75, 3.05) is 20.6 Å². The molecule has 0 saturated heterocycles. The summed E-state index contributed by atoms with van der Waals surface area (Å²) in [4.78, 5) is 1.92. The number of nitrogens with zero attached hydrogens (tertiary/aromatic N) is 2. The molecule has 0 aliphatic carbocycles. The van der Waals surface area contributed by atoms with Crippen LogP contribution in [0.5, 0.6) is 0 Å². The van der Waals surface area contributed by atoms with Crippen molar-refractivity contribution >= 4 is 10.0 Å². The van der Waals surface area contributed by atoms with Crippen molar-refractivity contribution in [3.8, 4) is 0 Å².